The van der Waals surface area contributed by atoms with Crippen molar-refractivity contribution in [1.29, 1.82) is 0 Å². The van der Waals surface area contributed by atoms with E-state index in [1.807, 2.05) is 0 Å². The van der Waals surface area contributed by atoms with Gasteiger partial charge in [-0.15, -0.1) is 0 Å². The number of rotatable bonds is 11. The van der Waals surface area contributed by atoms with Crippen molar-refractivity contribution in [3.63, 3.8) is 0 Å². The van der Waals surface area contributed by atoms with Crippen molar-refractivity contribution in [3.8, 4) is 5.75 Å². The van der Waals surface area contributed by atoms with E-state index in [1.165, 1.54) is 67.5 Å². The first-order valence-electron chi connectivity index (χ1n) is 11.4. The highest BCUT2D eigenvalue weighted by Gasteiger charge is 2.41. The van der Waals surface area contributed by atoms with E-state index in [0.29, 0.717) is 18.3 Å². The molecule has 1 aromatic rings. The molecule has 1 aromatic carbocycles. The largest absolute Gasteiger partial charge is 0.432 e. The molecule has 1 saturated carbocycles. The maximum atomic E-state index is 14.7. The van der Waals surface area contributed by atoms with Crippen LogP contribution in [0.5, 0.6) is 5.75 Å². The molecule has 172 valence electrons. The summed E-state index contributed by atoms with van der Waals surface area (Å²) in [5.41, 5.74) is 0. The number of benzene rings is 1. The van der Waals surface area contributed by atoms with Gasteiger partial charge < -0.3 is 4.74 Å². The highest BCUT2D eigenvalue weighted by Crippen LogP contribution is 2.40. The van der Waals surface area contributed by atoms with Crippen LogP contribution < -0.4 is 4.74 Å². The van der Waals surface area contributed by atoms with Gasteiger partial charge in [0.1, 0.15) is 17.4 Å². The van der Waals surface area contributed by atoms with Gasteiger partial charge in [-0.1, -0.05) is 52.9 Å². The number of alkyl halides is 2. The van der Waals surface area contributed by atoms with E-state index in [-0.39, 0.29) is 9.99 Å². The maximum absolute atomic E-state index is 14.7. The second kappa shape index (κ2) is 11.9. The molecular formula is C24H35F4IO. The molecule has 1 aliphatic carbocycles. The molecule has 6 heteroatoms. The smallest absolute Gasteiger partial charge is 0.400 e. The Bertz CT molecular complexity index is 636. The quantitative estimate of drug-likeness (QED) is 0.154. The minimum absolute atomic E-state index is 0.228. The molecule has 2 rings (SSSR count). The van der Waals surface area contributed by atoms with E-state index in [1.54, 1.807) is 6.92 Å². The summed E-state index contributed by atoms with van der Waals surface area (Å²) in [5.74, 6) is -1.39. The predicted molar refractivity (Wildman–Crippen MR) is 122 cm³/mol. The highest BCUT2D eigenvalue weighted by molar-refractivity contribution is 14.1. The summed E-state index contributed by atoms with van der Waals surface area (Å²) in [5, 5.41) is 0. The number of hydrogen-bond donors (Lipinski definition) is 0. The van der Waals surface area contributed by atoms with Gasteiger partial charge in [0.25, 0.3) is 0 Å². The fourth-order valence-corrected chi connectivity index (χ4v) is 4.99. The van der Waals surface area contributed by atoms with Gasteiger partial charge in [-0.2, -0.15) is 8.78 Å². The molecule has 2 unspecified atom stereocenters. The third kappa shape index (κ3) is 7.27. The Hall–Kier alpha value is -0.530. The van der Waals surface area contributed by atoms with E-state index < -0.39 is 29.4 Å². The van der Waals surface area contributed by atoms with Crippen molar-refractivity contribution in [2.75, 3.05) is 0 Å². The first-order chi connectivity index (χ1) is 14.2. The summed E-state index contributed by atoms with van der Waals surface area (Å²) in [4.78, 5) is 0. The molecule has 0 aliphatic heterocycles. The van der Waals surface area contributed by atoms with Crippen LogP contribution in [0.3, 0.4) is 0 Å². The third-order valence-corrected chi connectivity index (χ3v) is 7.84. The third-order valence-electron chi connectivity index (χ3n) is 6.81. The molecule has 0 N–H and O–H groups in total. The molecule has 0 radical (unpaired) electrons. The van der Waals surface area contributed by atoms with E-state index in [4.69, 9.17) is 4.74 Å². The Kier molecular flexibility index (Phi) is 10.2. The fourth-order valence-electron chi connectivity index (χ4n) is 4.68. The number of halogens is 5. The van der Waals surface area contributed by atoms with Crippen LogP contribution in [0.4, 0.5) is 17.6 Å². The van der Waals surface area contributed by atoms with E-state index in [2.05, 4.69) is 13.8 Å². The second-order valence-electron chi connectivity index (χ2n) is 8.95. The van der Waals surface area contributed by atoms with Gasteiger partial charge in [-0.05, 0) is 72.4 Å². The van der Waals surface area contributed by atoms with Gasteiger partial charge in [-0.25, -0.2) is 8.78 Å². The molecule has 0 bridgehead atoms. The summed E-state index contributed by atoms with van der Waals surface area (Å²) in [6.45, 7) is 6.11. The zero-order valence-corrected chi connectivity index (χ0v) is 20.5. The van der Waals surface area contributed by atoms with Crippen LogP contribution in [0.25, 0.3) is 0 Å². The number of ether oxygens (including phenoxy) is 1. The molecule has 30 heavy (non-hydrogen) atoms. The van der Waals surface area contributed by atoms with Crippen molar-refractivity contribution in [2.24, 2.45) is 23.7 Å². The fraction of sp³-hybridized carbons (Fsp3) is 0.750. The van der Waals surface area contributed by atoms with Crippen LogP contribution in [0.15, 0.2) is 12.1 Å². The average molecular weight is 542 g/mol. The minimum atomic E-state index is -3.46. The van der Waals surface area contributed by atoms with Crippen molar-refractivity contribution >= 4 is 22.6 Å². The maximum Gasteiger partial charge on any atom is 0.400 e. The van der Waals surface area contributed by atoms with Crippen molar-refractivity contribution in [1.82, 2.24) is 0 Å². The molecule has 0 saturated heterocycles. The first kappa shape index (κ1) is 25.7. The van der Waals surface area contributed by atoms with Crippen molar-refractivity contribution in [2.45, 2.75) is 91.1 Å². The normalized spacial score (nSPS) is 22.0. The Morgan fingerprint density at radius 3 is 2.20 bits per heavy atom. The number of hydrogen-bond acceptors (Lipinski definition) is 1. The van der Waals surface area contributed by atoms with Crippen LogP contribution in [-0.4, -0.2) is 6.11 Å². The summed E-state index contributed by atoms with van der Waals surface area (Å²) in [6.07, 6.45) is 6.62. The summed E-state index contributed by atoms with van der Waals surface area (Å²) in [7, 11) is 0. The van der Waals surface area contributed by atoms with Gasteiger partial charge in [0, 0.05) is 12.1 Å². The van der Waals surface area contributed by atoms with Crippen molar-refractivity contribution < 1.29 is 22.3 Å². The lowest BCUT2D eigenvalue weighted by molar-refractivity contribution is -0.218. The lowest BCUT2D eigenvalue weighted by Crippen LogP contribution is -2.35. The van der Waals surface area contributed by atoms with Crippen LogP contribution in [-0.2, 0) is 0 Å². The first-order valence-corrected chi connectivity index (χ1v) is 12.5. The predicted octanol–water partition coefficient (Wildman–Crippen LogP) is 8.98. The van der Waals surface area contributed by atoms with Gasteiger partial charge in [0.2, 0.25) is 0 Å². The molecule has 2 atom stereocenters. The van der Waals surface area contributed by atoms with E-state index in [0.717, 1.165) is 24.5 Å². The Morgan fingerprint density at radius 2 is 1.67 bits per heavy atom. The van der Waals surface area contributed by atoms with Gasteiger partial charge in [-0.3, -0.25) is 0 Å². The van der Waals surface area contributed by atoms with Crippen LogP contribution >= 0.6 is 22.6 Å². The summed E-state index contributed by atoms with van der Waals surface area (Å²) < 4.78 is 61.4. The van der Waals surface area contributed by atoms with Gasteiger partial charge in [0.15, 0.2) is 0 Å². The highest BCUT2D eigenvalue weighted by atomic mass is 127. The van der Waals surface area contributed by atoms with E-state index >= 15 is 0 Å². The molecule has 0 amide bonds. The molecule has 1 fully saturated rings. The lowest BCUT2D eigenvalue weighted by atomic mass is 9.73. The van der Waals surface area contributed by atoms with Gasteiger partial charge >= 0.3 is 6.11 Å². The van der Waals surface area contributed by atoms with Crippen LogP contribution in [0, 0.1) is 38.9 Å². The zero-order valence-electron chi connectivity index (χ0n) is 18.3. The Balaban J connectivity index is 1.88. The van der Waals surface area contributed by atoms with Crippen LogP contribution in [0.2, 0.25) is 0 Å². The molecule has 1 aliphatic rings. The summed E-state index contributed by atoms with van der Waals surface area (Å²) >= 11 is 1.50. The monoisotopic (exact) mass is 542 g/mol. The standard InChI is InChI=1S/C24H35F4IO/c1-4-6-7-17-9-11-18(12-10-17)16(3)8-13-19(5-2)24(27,28)30-20-14-21(25)23(29)22(26)15-20/h14-19H,4-13H2,1-3H3. The topological polar surface area (TPSA) is 9.23 Å². The molecule has 0 aromatic heterocycles. The summed E-state index contributed by atoms with van der Waals surface area (Å²) in [6, 6.07) is 1.65. The molecule has 0 heterocycles. The zero-order chi connectivity index (χ0) is 22.3. The molecular weight excluding hydrogens is 507 g/mol. The lowest BCUT2D eigenvalue weighted by Gasteiger charge is -2.33. The van der Waals surface area contributed by atoms with E-state index in [9.17, 15) is 17.6 Å². The SMILES string of the molecule is CCCCC1CCC(C(C)CCC(CC)C(F)(F)Oc2cc(F)c(I)c(F)c2)CC1. The Morgan fingerprint density at radius 1 is 1.07 bits per heavy atom. The number of unbranched alkanes of at least 4 members (excludes halogenated alkanes) is 1. The molecule has 0 spiro atoms. The van der Waals surface area contributed by atoms with Crippen molar-refractivity contribution in [3.05, 3.63) is 27.3 Å². The average Bonchev–Trinajstić information content (AvgIpc) is 2.70. The molecule has 1 nitrogen and oxygen atoms in total. The van der Waals surface area contributed by atoms with Crippen LogP contribution in [0.1, 0.15) is 85.0 Å². The minimum Gasteiger partial charge on any atom is -0.432 e. The Labute approximate surface area is 192 Å². The second-order valence-corrected chi connectivity index (χ2v) is 10.0. The van der Waals surface area contributed by atoms with Gasteiger partial charge in [0.05, 0.1) is 9.49 Å².